The Morgan fingerprint density at radius 2 is 2.05 bits per heavy atom. The molecule has 112 valence electrons. The van der Waals surface area contributed by atoms with E-state index in [2.05, 4.69) is 57.3 Å². The molecule has 1 aliphatic heterocycles. The van der Waals surface area contributed by atoms with Crippen LogP contribution in [0.15, 0.2) is 24.3 Å². The molecule has 1 N–H and O–H groups in total. The van der Waals surface area contributed by atoms with Crippen LogP contribution in [0.3, 0.4) is 0 Å². The number of fused-ring (bicyclic) bond motifs is 1. The Kier molecular flexibility index (Phi) is 3.86. The lowest BCUT2D eigenvalue weighted by molar-refractivity contribution is 0.0489. The van der Waals surface area contributed by atoms with E-state index in [0.29, 0.717) is 19.3 Å². The minimum atomic E-state index is -0.327. The van der Waals surface area contributed by atoms with Crippen molar-refractivity contribution in [3.8, 4) is 0 Å². The van der Waals surface area contributed by atoms with Gasteiger partial charge in [-0.25, -0.2) is 4.98 Å². The largest absolute Gasteiger partial charge is 0.374 e. The molecule has 2 aromatic rings. The Morgan fingerprint density at radius 3 is 2.71 bits per heavy atom. The van der Waals surface area contributed by atoms with Crippen LogP contribution >= 0.6 is 11.3 Å². The highest BCUT2D eigenvalue weighted by Crippen LogP contribution is 2.39. The zero-order valence-corrected chi connectivity index (χ0v) is 13.9. The van der Waals surface area contributed by atoms with Crippen LogP contribution < -0.4 is 5.32 Å². The number of nitrogens with one attached hydrogen (secondary N) is 1. The van der Waals surface area contributed by atoms with Crippen molar-refractivity contribution in [2.24, 2.45) is 0 Å². The molecule has 21 heavy (non-hydrogen) atoms. The summed E-state index contributed by atoms with van der Waals surface area (Å²) in [6, 6.07) is 8.89. The lowest BCUT2D eigenvalue weighted by Crippen LogP contribution is -2.52. The van der Waals surface area contributed by atoms with Crippen molar-refractivity contribution < 1.29 is 4.74 Å². The Bertz CT molecular complexity index is 630. The molecule has 0 amide bonds. The number of thiazole rings is 1. The van der Waals surface area contributed by atoms with Crippen LogP contribution in [0.25, 0.3) is 0 Å². The molecule has 0 aliphatic carbocycles. The summed E-state index contributed by atoms with van der Waals surface area (Å²) in [5.41, 5.74) is 3.34. The minimum absolute atomic E-state index is 0.327. The second-order valence-corrected chi connectivity index (χ2v) is 7.22. The molecule has 0 spiro atoms. The van der Waals surface area contributed by atoms with E-state index in [1.807, 2.05) is 0 Å². The van der Waals surface area contributed by atoms with Gasteiger partial charge in [-0.05, 0) is 38.8 Å². The summed E-state index contributed by atoms with van der Waals surface area (Å²) in [5, 5.41) is 4.84. The van der Waals surface area contributed by atoms with Crippen molar-refractivity contribution >= 4 is 11.3 Å². The highest BCUT2D eigenvalue weighted by molar-refractivity contribution is 7.11. The molecule has 1 aliphatic rings. The van der Waals surface area contributed by atoms with Crippen molar-refractivity contribution in [2.45, 2.75) is 45.9 Å². The maximum absolute atomic E-state index is 5.92. The molecule has 1 unspecified atom stereocenters. The number of aromatic nitrogens is 1. The van der Waals surface area contributed by atoms with Gasteiger partial charge in [-0.2, -0.15) is 0 Å². The highest BCUT2D eigenvalue weighted by atomic mass is 32.1. The maximum Gasteiger partial charge on any atom is 0.120 e. The molecule has 0 saturated carbocycles. The third-order valence-electron chi connectivity index (χ3n) is 3.98. The Morgan fingerprint density at radius 1 is 1.29 bits per heavy atom. The lowest BCUT2D eigenvalue weighted by atomic mass is 9.85. The van der Waals surface area contributed by atoms with Crippen LogP contribution in [0.1, 0.15) is 40.6 Å². The first-order chi connectivity index (χ1) is 10.0. The van der Waals surface area contributed by atoms with E-state index in [-0.39, 0.29) is 5.54 Å². The fourth-order valence-electron chi connectivity index (χ4n) is 2.96. The second kappa shape index (κ2) is 5.52. The molecule has 3 nitrogen and oxygen atoms in total. The van der Waals surface area contributed by atoms with Gasteiger partial charge in [0.2, 0.25) is 0 Å². The summed E-state index contributed by atoms with van der Waals surface area (Å²) >= 11 is 1.77. The monoisotopic (exact) mass is 302 g/mol. The van der Waals surface area contributed by atoms with Gasteiger partial charge in [0.05, 0.1) is 18.9 Å². The predicted octanol–water partition coefficient (Wildman–Crippen LogP) is 3.53. The summed E-state index contributed by atoms with van der Waals surface area (Å²) in [7, 11) is 0. The average molecular weight is 302 g/mol. The molecule has 1 atom stereocenters. The number of hydrogen-bond acceptors (Lipinski definition) is 4. The molecule has 1 aromatic carbocycles. The van der Waals surface area contributed by atoms with Gasteiger partial charge in [0.25, 0.3) is 0 Å². The molecular formula is C17H22N2OS. The van der Waals surface area contributed by atoms with Gasteiger partial charge in [-0.3, -0.25) is 5.32 Å². The van der Waals surface area contributed by atoms with E-state index in [9.17, 15) is 0 Å². The van der Waals surface area contributed by atoms with Crippen LogP contribution in [-0.2, 0) is 16.9 Å². The third-order valence-corrected chi connectivity index (χ3v) is 5.22. The number of ether oxygens (including phenoxy) is 1. The number of aryl methyl sites for hydroxylation is 2. The standard InChI is InChI=1S/C17H22N2OS/c1-11(2)19-17(16-18-12(3)13(4)21-16)10-20-9-14-7-5-6-8-15(14)17/h5-8,11,19H,9-10H2,1-4H3. The van der Waals surface area contributed by atoms with Gasteiger partial charge in [-0.1, -0.05) is 24.3 Å². The molecule has 2 heterocycles. The fourth-order valence-corrected chi connectivity index (χ4v) is 4.03. The van der Waals surface area contributed by atoms with E-state index in [0.717, 1.165) is 10.7 Å². The molecule has 0 saturated heterocycles. The number of nitrogens with zero attached hydrogens (tertiary/aromatic N) is 1. The van der Waals surface area contributed by atoms with E-state index in [1.165, 1.54) is 16.0 Å². The predicted molar refractivity (Wildman–Crippen MR) is 86.7 cm³/mol. The first-order valence-electron chi connectivity index (χ1n) is 7.41. The van der Waals surface area contributed by atoms with Crippen molar-refractivity contribution in [3.05, 3.63) is 51.0 Å². The zero-order valence-electron chi connectivity index (χ0n) is 13.1. The third kappa shape index (κ3) is 2.52. The van der Waals surface area contributed by atoms with Gasteiger partial charge >= 0.3 is 0 Å². The number of rotatable bonds is 3. The summed E-state index contributed by atoms with van der Waals surface area (Å²) < 4.78 is 5.92. The van der Waals surface area contributed by atoms with Gasteiger partial charge < -0.3 is 4.74 Å². The summed E-state index contributed by atoms with van der Waals surface area (Å²) in [6.07, 6.45) is 0. The van der Waals surface area contributed by atoms with Crippen LogP contribution in [-0.4, -0.2) is 17.6 Å². The van der Waals surface area contributed by atoms with E-state index in [1.54, 1.807) is 11.3 Å². The van der Waals surface area contributed by atoms with Gasteiger partial charge in [0.15, 0.2) is 0 Å². The lowest BCUT2D eigenvalue weighted by Gasteiger charge is -2.39. The molecular weight excluding hydrogens is 280 g/mol. The Labute approximate surface area is 130 Å². The molecule has 1 aromatic heterocycles. The van der Waals surface area contributed by atoms with Crippen LogP contribution in [0.5, 0.6) is 0 Å². The number of hydrogen-bond donors (Lipinski definition) is 1. The van der Waals surface area contributed by atoms with Crippen LogP contribution in [0.2, 0.25) is 0 Å². The molecule has 0 radical (unpaired) electrons. The minimum Gasteiger partial charge on any atom is -0.374 e. The highest BCUT2D eigenvalue weighted by Gasteiger charge is 2.42. The Hall–Kier alpha value is -1.23. The quantitative estimate of drug-likeness (QED) is 0.942. The normalized spacial score (nSPS) is 21.6. The van der Waals surface area contributed by atoms with Gasteiger partial charge in [0, 0.05) is 10.9 Å². The van der Waals surface area contributed by atoms with Crippen molar-refractivity contribution in [2.75, 3.05) is 6.61 Å². The Balaban J connectivity index is 2.19. The summed E-state index contributed by atoms with van der Waals surface area (Å²) in [4.78, 5) is 6.11. The molecule has 0 bridgehead atoms. The fraction of sp³-hybridized carbons (Fsp3) is 0.471. The average Bonchev–Trinajstić information content (AvgIpc) is 2.79. The van der Waals surface area contributed by atoms with Gasteiger partial charge in [0.1, 0.15) is 10.5 Å². The van der Waals surface area contributed by atoms with Crippen molar-refractivity contribution in [3.63, 3.8) is 0 Å². The molecule has 0 fully saturated rings. The smallest absolute Gasteiger partial charge is 0.120 e. The van der Waals surface area contributed by atoms with E-state index >= 15 is 0 Å². The number of benzene rings is 1. The van der Waals surface area contributed by atoms with Crippen molar-refractivity contribution in [1.29, 1.82) is 0 Å². The maximum atomic E-state index is 5.92. The van der Waals surface area contributed by atoms with Gasteiger partial charge in [-0.15, -0.1) is 11.3 Å². The van der Waals surface area contributed by atoms with Crippen LogP contribution in [0, 0.1) is 13.8 Å². The summed E-state index contributed by atoms with van der Waals surface area (Å²) in [5.74, 6) is 0. The first-order valence-corrected chi connectivity index (χ1v) is 8.23. The molecule has 3 rings (SSSR count). The van der Waals surface area contributed by atoms with E-state index in [4.69, 9.17) is 9.72 Å². The van der Waals surface area contributed by atoms with E-state index < -0.39 is 0 Å². The van der Waals surface area contributed by atoms with Crippen LogP contribution in [0.4, 0.5) is 0 Å². The SMILES string of the molecule is Cc1nc(C2(NC(C)C)COCc3ccccc32)sc1C. The zero-order chi connectivity index (χ0) is 15.0. The topological polar surface area (TPSA) is 34.2 Å². The summed E-state index contributed by atoms with van der Waals surface area (Å²) in [6.45, 7) is 9.87. The first kappa shape index (κ1) is 14.7. The second-order valence-electron chi connectivity index (χ2n) is 6.01. The molecule has 4 heteroatoms. The van der Waals surface area contributed by atoms with Crippen molar-refractivity contribution in [1.82, 2.24) is 10.3 Å².